The van der Waals surface area contributed by atoms with Crippen molar-refractivity contribution >= 4 is 43.6 Å². The number of carbonyl (C=O) groups is 1. The van der Waals surface area contributed by atoms with Gasteiger partial charge >= 0.3 is 0 Å². The van der Waals surface area contributed by atoms with Crippen molar-refractivity contribution in [3.8, 4) is 0 Å². The fourth-order valence-corrected chi connectivity index (χ4v) is 2.35. The second-order valence-electron chi connectivity index (χ2n) is 3.79. The van der Waals surface area contributed by atoms with Crippen molar-refractivity contribution in [1.29, 1.82) is 0 Å². The van der Waals surface area contributed by atoms with Crippen molar-refractivity contribution in [2.75, 3.05) is 5.32 Å². The number of carbonyl (C=O) groups excluding carboxylic acids is 1. The first-order chi connectivity index (χ1) is 9.45. The smallest absolute Gasteiger partial charge is 0.230 e. The van der Waals surface area contributed by atoms with Crippen LogP contribution in [0.3, 0.4) is 0 Å². The van der Waals surface area contributed by atoms with Gasteiger partial charge in [-0.2, -0.15) is 0 Å². The van der Waals surface area contributed by atoms with Crippen LogP contribution in [-0.2, 0) is 11.2 Å². The molecule has 0 fully saturated rings. The van der Waals surface area contributed by atoms with Gasteiger partial charge in [0.2, 0.25) is 5.91 Å². The lowest BCUT2D eigenvalue weighted by Gasteiger charge is -2.06. The van der Waals surface area contributed by atoms with E-state index in [1.54, 1.807) is 0 Å². The summed E-state index contributed by atoms with van der Waals surface area (Å²) in [6, 6.07) is 3.06. The molecule has 20 heavy (non-hydrogen) atoms. The zero-order chi connectivity index (χ0) is 14.7. The molecular formula is C12H7Br2F2N3O. The van der Waals surface area contributed by atoms with Crippen LogP contribution < -0.4 is 5.32 Å². The number of rotatable bonds is 3. The van der Waals surface area contributed by atoms with Gasteiger partial charge in [0.1, 0.15) is 20.8 Å². The van der Waals surface area contributed by atoms with Gasteiger partial charge in [-0.3, -0.25) is 4.79 Å². The molecule has 0 radical (unpaired) electrons. The summed E-state index contributed by atoms with van der Waals surface area (Å²) in [5, 5.41) is 2.49. The Morgan fingerprint density at radius 2 is 2.05 bits per heavy atom. The molecule has 1 aromatic carbocycles. The van der Waals surface area contributed by atoms with Crippen molar-refractivity contribution in [3.63, 3.8) is 0 Å². The summed E-state index contributed by atoms with van der Waals surface area (Å²) in [4.78, 5) is 19.7. The van der Waals surface area contributed by atoms with E-state index in [1.165, 1.54) is 12.3 Å². The summed E-state index contributed by atoms with van der Waals surface area (Å²) in [7, 11) is 0. The Labute approximate surface area is 129 Å². The number of amides is 1. The van der Waals surface area contributed by atoms with Crippen molar-refractivity contribution in [1.82, 2.24) is 9.97 Å². The van der Waals surface area contributed by atoms with Crippen molar-refractivity contribution in [3.05, 3.63) is 50.8 Å². The number of nitrogens with zero attached hydrogens (tertiary/aromatic N) is 2. The molecule has 104 valence electrons. The maximum atomic E-state index is 13.4. The molecule has 0 saturated heterocycles. The molecule has 1 N–H and O–H groups in total. The molecule has 0 aliphatic rings. The largest absolute Gasteiger partial charge is 0.308 e. The molecule has 0 saturated carbocycles. The van der Waals surface area contributed by atoms with Gasteiger partial charge in [-0.1, -0.05) is 6.07 Å². The van der Waals surface area contributed by atoms with Gasteiger partial charge in [0.15, 0.2) is 5.82 Å². The summed E-state index contributed by atoms with van der Waals surface area (Å²) in [6.07, 6.45) is 1.19. The van der Waals surface area contributed by atoms with Gasteiger partial charge in [-0.25, -0.2) is 18.7 Å². The van der Waals surface area contributed by atoms with Gasteiger partial charge in [-0.05, 0) is 43.5 Å². The van der Waals surface area contributed by atoms with E-state index in [2.05, 4.69) is 47.1 Å². The van der Waals surface area contributed by atoms with Crippen LogP contribution in [0.1, 0.15) is 5.56 Å². The predicted octanol–water partition coefficient (Wildman–Crippen LogP) is 3.46. The number of hydrogen-bond donors (Lipinski definition) is 1. The van der Waals surface area contributed by atoms with E-state index in [9.17, 15) is 13.6 Å². The molecule has 0 spiro atoms. The van der Waals surface area contributed by atoms with E-state index in [0.717, 1.165) is 12.1 Å². The lowest BCUT2D eigenvalue weighted by Crippen LogP contribution is -2.16. The summed E-state index contributed by atoms with van der Waals surface area (Å²) < 4.78 is 27.0. The Balaban J connectivity index is 2.09. The predicted molar refractivity (Wildman–Crippen MR) is 76.1 cm³/mol. The maximum Gasteiger partial charge on any atom is 0.230 e. The molecule has 0 unspecified atom stereocenters. The number of anilines is 1. The summed E-state index contributed by atoms with van der Waals surface area (Å²) >= 11 is 6.27. The SMILES string of the molecule is O=C(Cc1ccc(F)cc1F)Nc1ncc(Br)nc1Br. The molecule has 2 aromatic rings. The van der Waals surface area contributed by atoms with Crippen LogP contribution in [0.15, 0.2) is 33.6 Å². The molecule has 1 aromatic heterocycles. The minimum Gasteiger partial charge on any atom is -0.308 e. The molecule has 1 amide bonds. The summed E-state index contributed by atoms with van der Waals surface area (Å²) in [6.45, 7) is 0. The highest BCUT2D eigenvalue weighted by molar-refractivity contribution is 9.11. The molecule has 8 heteroatoms. The Hall–Kier alpha value is -1.41. The third-order valence-electron chi connectivity index (χ3n) is 2.32. The number of aromatic nitrogens is 2. The number of hydrogen-bond acceptors (Lipinski definition) is 3. The zero-order valence-corrected chi connectivity index (χ0v) is 13.0. The fraction of sp³-hybridized carbons (Fsp3) is 0.0833. The number of benzene rings is 1. The minimum atomic E-state index is -0.763. The average molecular weight is 407 g/mol. The van der Waals surface area contributed by atoms with Crippen LogP contribution >= 0.6 is 31.9 Å². The van der Waals surface area contributed by atoms with Crippen LogP contribution in [0.4, 0.5) is 14.6 Å². The lowest BCUT2D eigenvalue weighted by atomic mass is 10.1. The molecule has 0 atom stereocenters. The van der Waals surface area contributed by atoms with E-state index < -0.39 is 17.5 Å². The Morgan fingerprint density at radius 3 is 2.70 bits per heavy atom. The molecule has 4 nitrogen and oxygen atoms in total. The van der Waals surface area contributed by atoms with E-state index in [4.69, 9.17) is 0 Å². The van der Waals surface area contributed by atoms with E-state index in [-0.39, 0.29) is 17.8 Å². The third kappa shape index (κ3) is 3.80. The van der Waals surface area contributed by atoms with Crippen molar-refractivity contribution < 1.29 is 13.6 Å². The van der Waals surface area contributed by atoms with Gasteiger partial charge in [-0.15, -0.1) is 0 Å². The molecule has 0 aliphatic carbocycles. The number of halogens is 4. The van der Waals surface area contributed by atoms with Crippen molar-refractivity contribution in [2.24, 2.45) is 0 Å². The molecule has 2 rings (SSSR count). The normalized spacial score (nSPS) is 10.4. The Morgan fingerprint density at radius 1 is 1.30 bits per heavy atom. The highest BCUT2D eigenvalue weighted by Gasteiger charge is 2.12. The van der Waals surface area contributed by atoms with E-state index in [0.29, 0.717) is 9.21 Å². The third-order valence-corrected chi connectivity index (χ3v) is 3.26. The van der Waals surface area contributed by atoms with E-state index in [1.807, 2.05) is 0 Å². The zero-order valence-electron chi connectivity index (χ0n) is 9.83. The highest BCUT2D eigenvalue weighted by atomic mass is 79.9. The maximum absolute atomic E-state index is 13.4. The summed E-state index contributed by atoms with van der Waals surface area (Å²) in [5.74, 6) is -1.71. The van der Waals surface area contributed by atoms with Crippen LogP contribution in [0, 0.1) is 11.6 Å². The topological polar surface area (TPSA) is 54.9 Å². The number of nitrogens with one attached hydrogen (secondary N) is 1. The Bertz CT molecular complexity index is 612. The lowest BCUT2D eigenvalue weighted by molar-refractivity contribution is -0.115. The molecule has 0 bridgehead atoms. The van der Waals surface area contributed by atoms with Gasteiger partial charge in [0, 0.05) is 6.07 Å². The first-order valence-corrected chi connectivity index (χ1v) is 6.96. The summed E-state index contributed by atoms with van der Waals surface area (Å²) in [5.41, 5.74) is 0.102. The monoisotopic (exact) mass is 405 g/mol. The minimum absolute atomic E-state index is 0.102. The van der Waals surface area contributed by atoms with Crippen LogP contribution in [-0.4, -0.2) is 15.9 Å². The van der Waals surface area contributed by atoms with Crippen LogP contribution in [0.5, 0.6) is 0 Å². The van der Waals surface area contributed by atoms with Gasteiger partial charge in [0.05, 0.1) is 12.6 Å². The second-order valence-corrected chi connectivity index (χ2v) is 5.36. The first kappa shape index (κ1) is 15.0. The average Bonchev–Trinajstić information content (AvgIpc) is 2.36. The molecule has 0 aliphatic heterocycles. The van der Waals surface area contributed by atoms with Crippen LogP contribution in [0.2, 0.25) is 0 Å². The fourth-order valence-electron chi connectivity index (χ4n) is 1.44. The molecule has 1 heterocycles. The van der Waals surface area contributed by atoms with Crippen molar-refractivity contribution in [2.45, 2.75) is 6.42 Å². The molecular weight excluding hydrogens is 400 g/mol. The van der Waals surface area contributed by atoms with Gasteiger partial charge in [0.25, 0.3) is 0 Å². The quantitative estimate of drug-likeness (QED) is 0.849. The second kappa shape index (κ2) is 6.36. The highest BCUT2D eigenvalue weighted by Crippen LogP contribution is 2.19. The Kier molecular flexibility index (Phi) is 4.77. The first-order valence-electron chi connectivity index (χ1n) is 5.37. The standard InChI is InChI=1S/C12H7Br2F2N3O/c13-9-5-17-12(11(14)18-9)19-10(20)3-6-1-2-7(15)4-8(6)16/h1-2,4-5H,3H2,(H,17,19,20). The van der Waals surface area contributed by atoms with Crippen LogP contribution in [0.25, 0.3) is 0 Å². The van der Waals surface area contributed by atoms with E-state index >= 15 is 0 Å². The van der Waals surface area contributed by atoms with Gasteiger partial charge < -0.3 is 5.32 Å².